The van der Waals surface area contributed by atoms with Crippen molar-refractivity contribution in [1.29, 1.82) is 0 Å². The molecule has 0 radical (unpaired) electrons. The Labute approximate surface area is 56.9 Å². The molecule has 2 N–H and O–H groups in total. The minimum Gasteiger partial charge on any atom is -0.455 e. The molecule has 1 aliphatic heterocycles. The lowest BCUT2D eigenvalue weighted by atomic mass is 10.2. The molecule has 0 aromatic carbocycles. The van der Waals surface area contributed by atoms with Crippen molar-refractivity contribution in [3.8, 4) is 0 Å². The fraction of sp³-hybridized carbons (Fsp3) is 0.600. The number of ether oxygens (including phenoxy) is 1. The minimum absolute atomic E-state index is 0.0287. The zero-order valence-corrected chi connectivity index (χ0v) is 5.15. The van der Waals surface area contributed by atoms with Crippen LogP contribution in [-0.2, 0) is 9.53 Å². The van der Waals surface area contributed by atoms with Crippen LogP contribution < -0.4 is 0 Å². The first-order chi connectivity index (χ1) is 4.77. The first-order valence-corrected chi connectivity index (χ1v) is 2.80. The molecule has 1 aliphatic rings. The number of cyclic esters (lactones) is 1. The highest BCUT2D eigenvalue weighted by molar-refractivity contribution is 6.37. The fourth-order valence-electron chi connectivity index (χ4n) is 0.744. The van der Waals surface area contributed by atoms with E-state index in [2.05, 4.69) is 9.89 Å². The van der Waals surface area contributed by atoms with Gasteiger partial charge in [-0.2, -0.15) is 0 Å². The normalized spacial score (nSPS) is 29.1. The van der Waals surface area contributed by atoms with Crippen molar-refractivity contribution in [2.45, 2.75) is 12.5 Å². The second kappa shape index (κ2) is 2.66. The van der Waals surface area contributed by atoms with E-state index in [4.69, 9.17) is 10.3 Å². The topological polar surface area (TPSA) is 79.1 Å². The second-order valence-corrected chi connectivity index (χ2v) is 1.96. The molecule has 1 unspecified atom stereocenters. The third-order valence-electron chi connectivity index (χ3n) is 1.25. The fourth-order valence-corrected chi connectivity index (χ4v) is 0.744. The monoisotopic (exact) mass is 145 g/mol. The first kappa shape index (κ1) is 7.01. The summed E-state index contributed by atoms with van der Waals surface area (Å²) >= 11 is 0. The molecule has 5 nitrogen and oxygen atoms in total. The van der Waals surface area contributed by atoms with Gasteiger partial charge in [-0.1, -0.05) is 5.16 Å². The van der Waals surface area contributed by atoms with Crippen molar-refractivity contribution < 1.29 is 19.8 Å². The number of carbonyl (C=O) groups excluding carboxylic acids is 1. The molecule has 1 atom stereocenters. The molecule has 0 aromatic rings. The zero-order chi connectivity index (χ0) is 7.56. The van der Waals surface area contributed by atoms with Crippen LogP contribution >= 0.6 is 0 Å². The molecule has 0 aromatic heterocycles. The van der Waals surface area contributed by atoms with Crippen molar-refractivity contribution in [1.82, 2.24) is 0 Å². The predicted octanol–water partition coefficient (Wildman–Crippen LogP) is -0.876. The number of rotatable bonds is 1. The molecule has 1 heterocycles. The number of oxime groups is 1. The average Bonchev–Trinajstić information content (AvgIpc) is 2.30. The van der Waals surface area contributed by atoms with Crippen LogP contribution in [0.25, 0.3) is 0 Å². The lowest BCUT2D eigenvalue weighted by molar-refractivity contribution is -0.138. The van der Waals surface area contributed by atoms with Gasteiger partial charge in [0.15, 0.2) is 5.71 Å². The summed E-state index contributed by atoms with van der Waals surface area (Å²) in [5.74, 6) is -0.651. The quantitative estimate of drug-likeness (QED) is 0.285. The van der Waals surface area contributed by atoms with Gasteiger partial charge in [0.1, 0.15) is 6.10 Å². The lowest BCUT2D eigenvalue weighted by Crippen LogP contribution is -2.10. The Kier molecular flexibility index (Phi) is 1.86. The first-order valence-electron chi connectivity index (χ1n) is 2.80. The van der Waals surface area contributed by atoms with Crippen molar-refractivity contribution in [3.05, 3.63) is 0 Å². The maximum atomic E-state index is 10.6. The van der Waals surface area contributed by atoms with Gasteiger partial charge in [-0.25, -0.2) is 4.79 Å². The van der Waals surface area contributed by atoms with E-state index < -0.39 is 12.1 Å². The molecule has 1 saturated heterocycles. The Balaban J connectivity index is 2.61. The molecule has 1 rings (SSSR count). The molecule has 0 aliphatic carbocycles. The number of aliphatic hydroxyl groups is 1. The summed E-state index contributed by atoms with van der Waals surface area (Å²) in [6.45, 7) is -0.231. The predicted molar refractivity (Wildman–Crippen MR) is 30.8 cm³/mol. The summed E-state index contributed by atoms with van der Waals surface area (Å²) < 4.78 is 4.53. The second-order valence-electron chi connectivity index (χ2n) is 1.96. The van der Waals surface area contributed by atoms with Crippen LogP contribution in [0.3, 0.4) is 0 Å². The molecule has 10 heavy (non-hydrogen) atoms. The molecule has 0 bridgehead atoms. The summed E-state index contributed by atoms with van der Waals surface area (Å²) in [7, 11) is 0. The van der Waals surface area contributed by atoms with E-state index in [1.54, 1.807) is 0 Å². The number of hydrogen-bond acceptors (Lipinski definition) is 5. The van der Waals surface area contributed by atoms with Crippen LogP contribution in [0.5, 0.6) is 0 Å². The van der Waals surface area contributed by atoms with Gasteiger partial charge in [0, 0.05) is 6.42 Å². The number of nitrogens with zero attached hydrogens (tertiary/aromatic N) is 1. The summed E-state index contributed by atoms with van der Waals surface area (Å²) in [4.78, 5) is 10.6. The zero-order valence-electron chi connectivity index (χ0n) is 5.15. The van der Waals surface area contributed by atoms with Gasteiger partial charge in [-0.05, 0) is 0 Å². The molecular formula is C5H7NO4. The lowest BCUT2D eigenvalue weighted by Gasteiger charge is -2.00. The number of esters is 1. The molecule has 0 spiro atoms. The van der Waals surface area contributed by atoms with Gasteiger partial charge in [0.25, 0.3) is 0 Å². The summed E-state index contributed by atoms with van der Waals surface area (Å²) in [5, 5.41) is 19.3. The van der Waals surface area contributed by atoms with Gasteiger partial charge in [-0.15, -0.1) is 0 Å². The van der Waals surface area contributed by atoms with Crippen LogP contribution in [0, 0.1) is 0 Å². The Hall–Kier alpha value is -1.10. The molecule has 0 amide bonds. The van der Waals surface area contributed by atoms with Gasteiger partial charge >= 0.3 is 5.97 Å². The van der Waals surface area contributed by atoms with Crippen LogP contribution in [0.1, 0.15) is 6.42 Å². The summed E-state index contributed by atoms with van der Waals surface area (Å²) in [6, 6.07) is 0. The summed E-state index contributed by atoms with van der Waals surface area (Å²) in [5.41, 5.74) is -0.0287. The van der Waals surface area contributed by atoms with Crippen LogP contribution in [0.2, 0.25) is 0 Å². The van der Waals surface area contributed by atoms with Gasteiger partial charge in [-0.3, -0.25) is 0 Å². The van der Waals surface area contributed by atoms with Gasteiger partial charge < -0.3 is 15.1 Å². The van der Waals surface area contributed by atoms with E-state index in [9.17, 15) is 4.79 Å². The molecule has 56 valence electrons. The van der Waals surface area contributed by atoms with Crippen LogP contribution in [0.4, 0.5) is 0 Å². The third kappa shape index (κ3) is 1.08. The van der Waals surface area contributed by atoms with Crippen molar-refractivity contribution in [2.24, 2.45) is 5.16 Å². The SMILES string of the molecule is O=C1OC(CO)C/C1=N\O. The van der Waals surface area contributed by atoms with Crippen molar-refractivity contribution in [3.63, 3.8) is 0 Å². The highest BCUT2D eigenvalue weighted by atomic mass is 16.6. The summed E-state index contributed by atoms with van der Waals surface area (Å²) in [6.07, 6.45) is -0.343. The number of aliphatic hydroxyl groups excluding tert-OH is 1. The van der Waals surface area contributed by atoms with E-state index >= 15 is 0 Å². The Morgan fingerprint density at radius 1 is 1.80 bits per heavy atom. The van der Waals surface area contributed by atoms with Crippen molar-refractivity contribution in [2.75, 3.05) is 6.61 Å². The smallest absolute Gasteiger partial charge is 0.356 e. The number of hydrogen-bond donors (Lipinski definition) is 2. The maximum Gasteiger partial charge on any atom is 0.356 e. The molecule has 1 fully saturated rings. The minimum atomic E-state index is -0.651. The maximum absolute atomic E-state index is 10.6. The molecule has 5 heteroatoms. The van der Waals surface area contributed by atoms with E-state index in [-0.39, 0.29) is 18.7 Å². The van der Waals surface area contributed by atoms with E-state index in [0.29, 0.717) is 0 Å². The van der Waals surface area contributed by atoms with E-state index in [0.717, 1.165) is 0 Å². The van der Waals surface area contributed by atoms with E-state index in [1.165, 1.54) is 0 Å². The highest BCUT2D eigenvalue weighted by Crippen LogP contribution is 2.10. The Morgan fingerprint density at radius 2 is 2.50 bits per heavy atom. The highest BCUT2D eigenvalue weighted by Gasteiger charge is 2.30. The number of carbonyl (C=O) groups is 1. The Bertz CT molecular complexity index is 176. The molecule has 0 saturated carbocycles. The molecular weight excluding hydrogens is 138 g/mol. The van der Waals surface area contributed by atoms with Crippen molar-refractivity contribution >= 4 is 11.7 Å². The Morgan fingerprint density at radius 3 is 2.80 bits per heavy atom. The van der Waals surface area contributed by atoms with Crippen LogP contribution in [-0.4, -0.2) is 34.7 Å². The van der Waals surface area contributed by atoms with Crippen LogP contribution in [0.15, 0.2) is 5.16 Å². The third-order valence-corrected chi connectivity index (χ3v) is 1.25. The average molecular weight is 145 g/mol. The van der Waals surface area contributed by atoms with E-state index in [1.807, 2.05) is 0 Å². The standard InChI is InChI=1S/C5H7NO4/c7-2-3-1-4(6-9)5(8)10-3/h3,7,9H,1-2H2/b6-4+. The largest absolute Gasteiger partial charge is 0.455 e. The van der Waals surface area contributed by atoms with Gasteiger partial charge in [0.05, 0.1) is 6.61 Å². The van der Waals surface area contributed by atoms with Gasteiger partial charge in [0.2, 0.25) is 0 Å².